The number of aromatic hydroxyl groups is 1. The molecule has 3 atom stereocenters. The Bertz CT molecular complexity index is 789. The van der Waals surface area contributed by atoms with E-state index in [-0.39, 0.29) is 29.7 Å². The van der Waals surface area contributed by atoms with Crippen LogP contribution in [-0.2, 0) is 9.53 Å². The van der Waals surface area contributed by atoms with Crippen LogP contribution in [0.3, 0.4) is 0 Å². The summed E-state index contributed by atoms with van der Waals surface area (Å²) in [5.41, 5.74) is 0.680. The van der Waals surface area contributed by atoms with Gasteiger partial charge in [-0.1, -0.05) is 17.9 Å². The Labute approximate surface area is 151 Å². The largest absolute Gasteiger partial charge is 0.507 e. The number of aliphatic hydroxyl groups excluding tert-OH is 2. The summed E-state index contributed by atoms with van der Waals surface area (Å²) in [5, 5.41) is 32.8. The fraction of sp³-hybridized carbons (Fsp3) is 0.368. The Morgan fingerprint density at radius 3 is 2.69 bits per heavy atom. The highest BCUT2D eigenvalue weighted by atomic mass is 16.5. The molecule has 0 amide bonds. The molecule has 1 aliphatic rings. The van der Waals surface area contributed by atoms with Crippen molar-refractivity contribution in [2.75, 3.05) is 12.4 Å². The van der Waals surface area contributed by atoms with Crippen LogP contribution in [0, 0.1) is 11.8 Å². The first-order valence-electron chi connectivity index (χ1n) is 8.14. The number of anilines is 1. The lowest BCUT2D eigenvalue weighted by Gasteiger charge is -2.15. The molecule has 0 aromatic heterocycles. The van der Waals surface area contributed by atoms with Gasteiger partial charge in [0.25, 0.3) is 0 Å². The smallest absolute Gasteiger partial charge is 0.343 e. The molecule has 0 saturated heterocycles. The van der Waals surface area contributed by atoms with Crippen LogP contribution in [0.15, 0.2) is 24.3 Å². The van der Waals surface area contributed by atoms with Crippen molar-refractivity contribution >= 4 is 17.4 Å². The molecule has 1 heterocycles. The van der Waals surface area contributed by atoms with Crippen LogP contribution in [0.1, 0.15) is 35.7 Å². The number of fused-ring (bicyclic) bond motifs is 1. The summed E-state index contributed by atoms with van der Waals surface area (Å²) in [7, 11) is 1.65. The highest BCUT2D eigenvalue weighted by Gasteiger charge is 2.23. The van der Waals surface area contributed by atoms with Crippen LogP contribution in [0.5, 0.6) is 5.75 Å². The minimum Gasteiger partial charge on any atom is -0.507 e. The van der Waals surface area contributed by atoms with Crippen LogP contribution in [0.2, 0.25) is 0 Å². The van der Waals surface area contributed by atoms with E-state index >= 15 is 0 Å². The summed E-state index contributed by atoms with van der Waals surface area (Å²) in [4.78, 5) is 24.2. The lowest BCUT2D eigenvalue weighted by atomic mass is 10.0. The second-order valence-corrected chi connectivity index (χ2v) is 5.94. The summed E-state index contributed by atoms with van der Waals surface area (Å²) in [6.45, 7) is 1.63. The van der Waals surface area contributed by atoms with Gasteiger partial charge in [0, 0.05) is 37.2 Å². The second-order valence-electron chi connectivity index (χ2n) is 5.94. The Morgan fingerprint density at radius 1 is 1.27 bits per heavy atom. The zero-order chi connectivity index (χ0) is 19.3. The second kappa shape index (κ2) is 8.52. The molecule has 0 radical (unpaired) electrons. The number of benzene rings is 1. The van der Waals surface area contributed by atoms with Gasteiger partial charge in [0.1, 0.15) is 23.5 Å². The van der Waals surface area contributed by atoms with Crippen LogP contribution in [0.25, 0.3) is 0 Å². The van der Waals surface area contributed by atoms with E-state index < -0.39 is 30.1 Å². The molecule has 1 aromatic carbocycles. The Kier molecular flexibility index (Phi) is 6.39. The van der Waals surface area contributed by atoms with Crippen molar-refractivity contribution in [1.29, 1.82) is 0 Å². The van der Waals surface area contributed by atoms with Gasteiger partial charge in [-0.2, -0.15) is 0 Å². The van der Waals surface area contributed by atoms with Crippen molar-refractivity contribution in [1.82, 2.24) is 0 Å². The quantitative estimate of drug-likeness (QED) is 0.436. The molecule has 2 rings (SSSR count). The predicted molar refractivity (Wildman–Crippen MR) is 94.8 cm³/mol. The van der Waals surface area contributed by atoms with Crippen LogP contribution >= 0.6 is 0 Å². The number of cyclic esters (lactones) is 1. The number of phenolic OH excluding ortho intramolecular Hbond substituents is 1. The van der Waals surface area contributed by atoms with Crippen LogP contribution < -0.4 is 5.32 Å². The molecule has 0 fully saturated rings. The zero-order valence-electron chi connectivity index (χ0n) is 14.5. The van der Waals surface area contributed by atoms with Gasteiger partial charge < -0.3 is 25.4 Å². The van der Waals surface area contributed by atoms with Gasteiger partial charge in [-0.25, -0.2) is 4.79 Å². The average Bonchev–Trinajstić information content (AvgIpc) is 2.59. The summed E-state index contributed by atoms with van der Waals surface area (Å²) in [6, 6.07) is 2.94. The molecule has 1 aromatic rings. The maximum absolute atomic E-state index is 12.4. The van der Waals surface area contributed by atoms with Crippen LogP contribution in [-0.4, -0.2) is 52.4 Å². The number of carbonyl (C=O) groups excluding carboxylic acids is 2. The predicted octanol–water partition coefficient (Wildman–Crippen LogP) is 0.972. The van der Waals surface area contributed by atoms with Crippen molar-refractivity contribution in [3.05, 3.63) is 35.4 Å². The van der Waals surface area contributed by atoms with Gasteiger partial charge in [0.2, 0.25) is 0 Å². The summed E-state index contributed by atoms with van der Waals surface area (Å²) in [6.07, 6.45) is -0.872. The standard InChI is InChI=1S/C19H21NO6/c1-11-5-3-7-14(21)18(24)15(22)8-4-6-12-9-13(20-2)10-16(23)17(12)19(25)26-11/h3,7,9-11,15,18,20,22-24H,5,8H2,1-2H3/b7-3-. The number of phenols is 1. The Hall–Kier alpha value is -2.82. The third-order valence-electron chi connectivity index (χ3n) is 3.86. The number of carbonyl (C=O) groups is 2. The number of ether oxygens (including phenoxy) is 1. The molecular formula is C19H21NO6. The maximum Gasteiger partial charge on any atom is 0.343 e. The van der Waals surface area contributed by atoms with E-state index in [9.17, 15) is 24.9 Å². The molecule has 3 unspecified atom stereocenters. The molecule has 0 aliphatic carbocycles. The first kappa shape index (κ1) is 19.5. The number of rotatable bonds is 1. The maximum atomic E-state index is 12.4. The van der Waals surface area contributed by atoms with Gasteiger partial charge in [0.05, 0.1) is 6.10 Å². The fourth-order valence-corrected chi connectivity index (χ4v) is 2.40. The highest BCUT2D eigenvalue weighted by Crippen LogP contribution is 2.27. The number of hydrogen-bond acceptors (Lipinski definition) is 7. The van der Waals surface area contributed by atoms with E-state index in [1.165, 1.54) is 12.1 Å². The van der Waals surface area contributed by atoms with Crippen molar-refractivity contribution in [3.63, 3.8) is 0 Å². The van der Waals surface area contributed by atoms with Crippen molar-refractivity contribution in [2.24, 2.45) is 0 Å². The third kappa shape index (κ3) is 4.63. The normalized spacial score (nSPS) is 25.2. The topological polar surface area (TPSA) is 116 Å². The molecule has 0 spiro atoms. The molecule has 4 N–H and O–H groups in total. The van der Waals surface area contributed by atoms with Gasteiger partial charge in [-0.15, -0.1) is 0 Å². The molecule has 7 nitrogen and oxygen atoms in total. The highest BCUT2D eigenvalue weighted by molar-refractivity contribution is 5.96. The minimum atomic E-state index is -1.59. The molecular weight excluding hydrogens is 338 g/mol. The van der Waals surface area contributed by atoms with E-state index in [2.05, 4.69) is 17.2 Å². The SMILES string of the molecule is CNc1cc(O)c2c(c1)C#CCC(O)C(O)C(=O)/C=C\CC(C)OC2=O. The van der Waals surface area contributed by atoms with Gasteiger partial charge in [0.15, 0.2) is 5.78 Å². The van der Waals surface area contributed by atoms with E-state index in [0.717, 1.165) is 6.08 Å². The molecule has 1 aliphatic heterocycles. The average molecular weight is 359 g/mol. The number of esters is 1. The Morgan fingerprint density at radius 2 is 2.00 bits per heavy atom. The van der Waals surface area contributed by atoms with Gasteiger partial charge in [-0.3, -0.25) is 4.79 Å². The first-order chi connectivity index (χ1) is 12.3. The van der Waals surface area contributed by atoms with E-state index in [4.69, 9.17) is 4.74 Å². The van der Waals surface area contributed by atoms with E-state index in [1.807, 2.05) is 0 Å². The summed E-state index contributed by atoms with van der Waals surface area (Å²) < 4.78 is 5.30. The lowest BCUT2D eigenvalue weighted by molar-refractivity contribution is -0.127. The minimum absolute atomic E-state index is 0.0736. The lowest BCUT2D eigenvalue weighted by Crippen LogP contribution is -2.32. The first-order valence-corrected chi connectivity index (χ1v) is 8.14. The number of aliphatic hydroxyl groups is 2. The van der Waals surface area contributed by atoms with E-state index in [1.54, 1.807) is 20.0 Å². The molecule has 138 valence electrons. The number of ketones is 1. The van der Waals surface area contributed by atoms with E-state index in [0.29, 0.717) is 5.69 Å². The summed E-state index contributed by atoms with van der Waals surface area (Å²) in [5.74, 6) is 3.65. The van der Waals surface area contributed by atoms with Crippen molar-refractivity contribution < 1.29 is 29.6 Å². The molecule has 26 heavy (non-hydrogen) atoms. The number of hydrogen-bond donors (Lipinski definition) is 4. The summed E-state index contributed by atoms with van der Waals surface area (Å²) >= 11 is 0. The van der Waals surface area contributed by atoms with Crippen molar-refractivity contribution in [3.8, 4) is 17.6 Å². The Balaban J connectivity index is 2.49. The third-order valence-corrected chi connectivity index (χ3v) is 3.86. The number of nitrogens with one attached hydrogen (secondary N) is 1. The zero-order valence-corrected chi connectivity index (χ0v) is 14.5. The molecule has 7 heteroatoms. The van der Waals surface area contributed by atoms with Gasteiger partial charge in [-0.05, 0) is 19.1 Å². The monoisotopic (exact) mass is 359 g/mol. The molecule has 0 bridgehead atoms. The van der Waals surface area contributed by atoms with Crippen LogP contribution in [0.4, 0.5) is 5.69 Å². The molecule has 0 saturated carbocycles. The van der Waals surface area contributed by atoms with Crippen molar-refractivity contribution in [2.45, 2.75) is 38.1 Å². The fourth-order valence-electron chi connectivity index (χ4n) is 2.40. The van der Waals surface area contributed by atoms with Gasteiger partial charge >= 0.3 is 5.97 Å².